The molecule has 1 atom stereocenters. The van der Waals surface area contributed by atoms with E-state index in [0.717, 1.165) is 11.3 Å². The maximum absolute atomic E-state index is 11.9. The van der Waals surface area contributed by atoms with Crippen molar-refractivity contribution >= 4 is 11.9 Å². The molecule has 5 nitrogen and oxygen atoms in total. The van der Waals surface area contributed by atoms with E-state index in [1.165, 1.54) is 0 Å². The molecule has 0 fully saturated rings. The van der Waals surface area contributed by atoms with Gasteiger partial charge >= 0.3 is 5.97 Å². The lowest BCUT2D eigenvalue weighted by atomic mass is 9.89. The number of nitrogens with one attached hydrogen (secondary N) is 1. The third kappa shape index (κ3) is 5.39. The highest BCUT2D eigenvalue weighted by Gasteiger charge is 2.26. The summed E-state index contributed by atoms with van der Waals surface area (Å²) in [7, 11) is 1.62. The van der Waals surface area contributed by atoms with Gasteiger partial charge in [-0.1, -0.05) is 19.1 Å². The van der Waals surface area contributed by atoms with E-state index in [0.29, 0.717) is 19.4 Å². The minimum absolute atomic E-state index is 0.0653. The highest BCUT2D eigenvalue weighted by Crippen LogP contribution is 2.22. The lowest BCUT2D eigenvalue weighted by Gasteiger charge is -2.19. The summed E-state index contributed by atoms with van der Waals surface area (Å²) < 4.78 is 5.11. The van der Waals surface area contributed by atoms with Crippen LogP contribution in [0.25, 0.3) is 0 Å². The number of carboxylic acid groups (broad SMARTS) is 1. The van der Waals surface area contributed by atoms with Gasteiger partial charge in [0.2, 0.25) is 5.91 Å². The van der Waals surface area contributed by atoms with Crippen molar-refractivity contribution in [3.63, 3.8) is 0 Å². The Hall–Kier alpha value is -2.04. The Labute approximate surface area is 131 Å². The Morgan fingerprint density at radius 3 is 2.36 bits per heavy atom. The minimum Gasteiger partial charge on any atom is -0.497 e. The summed E-state index contributed by atoms with van der Waals surface area (Å²) in [5, 5.41) is 11.8. The molecule has 0 aromatic heterocycles. The molecule has 0 saturated heterocycles. The van der Waals surface area contributed by atoms with Crippen LogP contribution in [0.5, 0.6) is 5.75 Å². The van der Waals surface area contributed by atoms with Crippen molar-refractivity contribution < 1.29 is 19.4 Å². The summed E-state index contributed by atoms with van der Waals surface area (Å²) in [5.74, 6) is -0.0347. The second-order valence-corrected chi connectivity index (χ2v) is 6.17. The SMILES string of the molecule is COc1ccc(C(C)CC(=O)NCCC(C)(C)C(=O)O)cc1. The van der Waals surface area contributed by atoms with Crippen LogP contribution in [0.2, 0.25) is 0 Å². The van der Waals surface area contributed by atoms with Crippen LogP contribution in [-0.2, 0) is 9.59 Å². The lowest BCUT2D eigenvalue weighted by Crippen LogP contribution is -2.32. The zero-order valence-corrected chi connectivity index (χ0v) is 13.7. The van der Waals surface area contributed by atoms with Gasteiger partial charge in [0.25, 0.3) is 0 Å². The third-order valence-electron chi connectivity index (χ3n) is 3.83. The molecular formula is C17H25NO4. The van der Waals surface area contributed by atoms with Gasteiger partial charge in [-0.25, -0.2) is 0 Å². The number of methoxy groups -OCH3 is 1. The molecule has 0 radical (unpaired) electrons. The molecule has 1 aromatic carbocycles. The van der Waals surface area contributed by atoms with Gasteiger partial charge in [-0.15, -0.1) is 0 Å². The average Bonchev–Trinajstić information content (AvgIpc) is 2.46. The molecule has 0 aliphatic heterocycles. The zero-order chi connectivity index (χ0) is 16.8. The molecular weight excluding hydrogens is 282 g/mol. The van der Waals surface area contributed by atoms with Crippen molar-refractivity contribution in [3.8, 4) is 5.75 Å². The van der Waals surface area contributed by atoms with Gasteiger partial charge in [0, 0.05) is 13.0 Å². The maximum Gasteiger partial charge on any atom is 0.309 e. The predicted molar refractivity (Wildman–Crippen MR) is 85.1 cm³/mol. The van der Waals surface area contributed by atoms with Gasteiger partial charge in [-0.3, -0.25) is 9.59 Å². The van der Waals surface area contributed by atoms with E-state index in [1.807, 2.05) is 31.2 Å². The van der Waals surface area contributed by atoms with Gasteiger partial charge in [-0.05, 0) is 43.9 Å². The molecule has 0 spiro atoms. The molecule has 1 aromatic rings. The van der Waals surface area contributed by atoms with Crippen molar-refractivity contribution in [1.82, 2.24) is 5.32 Å². The number of ether oxygens (including phenoxy) is 1. The second-order valence-electron chi connectivity index (χ2n) is 6.17. The van der Waals surface area contributed by atoms with Crippen LogP contribution < -0.4 is 10.1 Å². The first-order valence-corrected chi connectivity index (χ1v) is 7.40. The van der Waals surface area contributed by atoms with E-state index in [2.05, 4.69) is 5.32 Å². The quantitative estimate of drug-likeness (QED) is 0.774. The van der Waals surface area contributed by atoms with Crippen molar-refractivity contribution in [1.29, 1.82) is 0 Å². The highest BCUT2D eigenvalue weighted by atomic mass is 16.5. The number of carboxylic acids is 1. The first kappa shape index (κ1) is 18.0. The molecule has 5 heteroatoms. The summed E-state index contributed by atoms with van der Waals surface area (Å²) in [5.41, 5.74) is 0.247. The largest absolute Gasteiger partial charge is 0.497 e. The van der Waals surface area contributed by atoms with Gasteiger partial charge in [0.1, 0.15) is 5.75 Å². The van der Waals surface area contributed by atoms with Crippen LogP contribution >= 0.6 is 0 Å². The van der Waals surface area contributed by atoms with Gasteiger partial charge < -0.3 is 15.2 Å². The fourth-order valence-electron chi connectivity index (χ4n) is 2.02. The molecule has 1 unspecified atom stereocenters. The van der Waals surface area contributed by atoms with E-state index in [9.17, 15) is 9.59 Å². The normalized spacial score (nSPS) is 12.5. The fourth-order valence-corrected chi connectivity index (χ4v) is 2.02. The molecule has 0 bridgehead atoms. The Balaban J connectivity index is 2.42. The molecule has 2 N–H and O–H groups in total. The topological polar surface area (TPSA) is 75.6 Å². The first-order valence-electron chi connectivity index (χ1n) is 7.40. The molecule has 0 aliphatic rings. The molecule has 0 aliphatic carbocycles. The standard InChI is InChI=1S/C17H25NO4/c1-12(13-5-7-14(22-4)8-6-13)11-15(19)18-10-9-17(2,3)16(20)21/h5-8,12H,9-11H2,1-4H3,(H,18,19)(H,20,21). The van der Waals surface area contributed by atoms with E-state index in [-0.39, 0.29) is 11.8 Å². The predicted octanol–water partition coefficient (Wildman–Crippen LogP) is 2.81. The van der Waals surface area contributed by atoms with E-state index >= 15 is 0 Å². The molecule has 122 valence electrons. The highest BCUT2D eigenvalue weighted by molar-refractivity contribution is 5.77. The number of rotatable bonds is 8. The van der Waals surface area contributed by atoms with Crippen molar-refractivity contribution in [2.75, 3.05) is 13.7 Å². The third-order valence-corrected chi connectivity index (χ3v) is 3.83. The van der Waals surface area contributed by atoms with Crippen LogP contribution in [0, 0.1) is 5.41 Å². The van der Waals surface area contributed by atoms with Crippen LogP contribution in [-0.4, -0.2) is 30.6 Å². The smallest absolute Gasteiger partial charge is 0.309 e. The van der Waals surface area contributed by atoms with Crippen molar-refractivity contribution in [2.45, 2.75) is 39.5 Å². The first-order chi connectivity index (χ1) is 10.3. The summed E-state index contributed by atoms with van der Waals surface area (Å²) in [4.78, 5) is 22.9. The molecule has 0 saturated carbocycles. The number of hydrogen-bond acceptors (Lipinski definition) is 3. The summed E-state index contributed by atoms with van der Waals surface area (Å²) in [6, 6.07) is 7.65. The maximum atomic E-state index is 11.9. The molecule has 1 rings (SSSR count). The van der Waals surface area contributed by atoms with E-state index in [4.69, 9.17) is 9.84 Å². The monoisotopic (exact) mass is 307 g/mol. The van der Waals surface area contributed by atoms with E-state index < -0.39 is 11.4 Å². The summed E-state index contributed by atoms with van der Waals surface area (Å²) in [6.07, 6.45) is 0.783. The van der Waals surface area contributed by atoms with E-state index in [1.54, 1.807) is 21.0 Å². The Bertz CT molecular complexity index is 508. The Morgan fingerprint density at radius 1 is 1.27 bits per heavy atom. The van der Waals surface area contributed by atoms with Gasteiger partial charge in [0.05, 0.1) is 12.5 Å². The van der Waals surface area contributed by atoms with Crippen LogP contribution in [0.15, 0.2) is 24.3 Å². The molecule has 22 heavy (non-hydrogen) atoms. The molecule has 1 amide bonds. The molecule has 0 heterocycles. The minimum atomic E-state index is -0.853. The van der Waals surface area contributed by atoms with Crippen LogP contribution in [0.4, 0.5) is 0 Å². The number of amides is 1. The fraction of sp³-hybridized carbons (Fsp3) is 0.529. The van der Waals surface area contributed by atoms with Gasteiger partial charge in [-0.2, -0.15) is 0 Å². The summed E-state index contributed by atoms with van der Waals surface area (Å²) >= 11 is 0. The number of carbonyl (C=O) groups is 2. The number of benzene rings is 1. The van der Waals surface area contributed by atoms with Crippen LogP contribution in [0.3, 0.4) is 0 Å². The second kappa shape index (κ2) is 7.82. The number of aliphatic carboxylic acids is 1. The summed E-state index contributed by atoms with van der Waals surface area (Å²) in [6.45, 7) is 5.67. The Morgan fingerprint density at radius 2 is 1.86 bits per heavy atom. The lowest BCUT2D eigenvalue weighted by molar-refractivity contribution is -0.147. The average molecular weight is 307 g/mol. The number of carbonyl (C=O) groups excluding carboxylic acids is 1. The van der Waals surface area contributed by atoms with Crippen molar-refractivity contribution in [2.24, 2.45) is 5.41 Å². The van der Waals surface area contributed by atoms with Crippen LogP contribution in [0.1, 0.15) is 45.1 Å². The Kier molecular flexibility index (Phi) is 6.40. The number of hydrogen-bond donors (Lipinski definition) is 2. The zero-order valence-electron chi connectivity index (χ0n) is 13.7. The van der Waals surface area contributed by atoms with Crippen molar-refractivity contribution in [3.05, 3.63) is 29.8 Å². The van der Waals surface area contributed by atoms with Gasteiger partial charge in [0.15, 0.2) is 0 Å².